The largest absolute Gasteiger partial charge is 0.478 e. The maximum atomic E-state index is 10.5. The van der Waals surface area contributed by atoms with Crippen LogP contribution in [0.5, 0.6) is 0 Å². The first-order chi connectivity index (χ1) is 9.04. The summed E-state index contributed by atoms with van der Waals surface area (Å²) in [6.45, 7) is 3.13. The Hall–Kier alpha value is -1.96. The molecule has 0 spiro atoms. The molecule has 19 heavy (non-hydrogen) atoms. The number of aromatic carboxylic acids is 2. The van der Waals surface area contributed by atoms with E-state index in [-0.39, 0.29) is 11.1 Å². The molecule has 7 nitrogen and oxygen atoms in total. The molecular formula is C12H19N3O4. The molecule has 0 saturated heterocycles. The van der Waals surface area contributed by atoms with Gasteiger partial charge in [-0.3, -0.25) is 0 Å². The topological polar surface area (TPSA) is 139 Å². The molecule has 1 aromatic rings. The normalized spacial score (nSPS) is 9.37. The molecule has 7 heteroatoms. The molecule has 0 aromatic heterocycles. The average molecular weight is 269 g/mol. The summed E-state index contributed by atoms with van der Waals surface area (Å²) >= 11 is 0. The highest BCUT2D eigenvalue weighted by Crippen LogP contribution is 2.07. The standard InChI is InChI=1S/C8H6O4.C4H13N3/c9-7(10)5-3-1-2-4-6(5)8(11)12;5-1-3-7-4-2-6/h1-4H,(H,9,10)(H,11,12);7H,1-6H2. The Morgan fingerprint density at radius 3 is 1.58 bits per heavy atom. The second kappa shape index (κ2) is 10.0. The fourth-order valence-electron chi connectivity index (χ4n) is 1.19. The molecule has 0 atom stereocenters. The Kier molecular flexibility index (Phi) is 8.98. The van der Waals surface area contributed by atoms with Crippen LogP contribution in [0, 0.1) is 0 Å². The van der Waals surface area contributed by atoms with E-state index in [0.29, 0.717) is 13.1 Å². The Balaban J connectivity index is 0.000000399. The predicted molar refractivity (Wildman–Crippen MR) is 71.3 cm³/mol. The van der Waals surface area contributed by atoms with Gasteiger partial charge in [-0.15, -0.1) is 0 Å². The van der Waals surface area contributed by atoms with Crippen LogP contribution in [-0.2, 0) is 0 Å². The minimum absolute atomic E-state index is 0.190. The number of carboxylic acids is 2. The third-order valence-corrected chi connectivity index (χ3v) is 2.03. The van der Waals surface area contributed by atoms with Gasteiger partial charge in [0.2, 0.25) is 0 Å². The summed E-state index contributed by atoms with van der Waals surface area (Å²) in [6.07, 6.45) is 0. The van der Waals surface area contributed by atoms with Crippen LogP contribution in [0.15, 0.2) is 24.3 Å². The predicted octanol–water partition coefficient (Wildman–Crippen LogP) is -0.424. The smallest absolute Gasteiger partial charge is 0.336 e. The van der Waals surface area contributed by atoms with Gasteiger partial charge in [0.1, 0.15) is 0 Å². The molecule has 0 bridgehead atoms. The zero-order chi connectivity index (χ0) is 14.7. The summed E-state index contributed by atoms with van der Waals surface area (Å²) in [6, 6.07) is 5.48. The number of hydrogen-bond donors (Lipinski definition) is 5. The molecule has 0 unspecified atom stereocenters. The first kappa shape index (κ1) is 17.0. The molecule has 0 aliphatic heterocycles. The van der Waals surface area contributed by atoms with Crippen molar-refractivity contribution in [3.63, 3.8) is 0 Å². The van der Waals surface area contributed by atoms with Gasteiger partial charge >= 0.3 is 11.9 Å². The van der Waals surface area contributed by atoms with E-state index in [1.807, 2.05) is 0 Å². The molecule has 1 aromatic carbocycles. The maximum absolute atomic E-state index is 10.5. The van der Waals surface area contributed by atoms with Crippen LogP contribution in [0.4, 0.5) is 0 Å². The number of carbonyl (C=O) groups is 2. The Morgan fingerprint density at radius 1 is 0.947 bits per heavy atom. The van der Waals surface area contributed by atoms with E-state index in [0.717, 1.165) is 13.1 Å². The number of carboxylic acid groups (broad SMARTS) is 2. The molecule has 0 aliphatic carbocycles. The molecular weight excluding hydrogens is 250 g/mol. The Labute approximate surface area is 111 Å². The number of nitrogens with one attached hydrogen (secondary N) is 1. The quantitative estimate of drug-likeness (QED) is 0.442. The highest BCUT2D eigenvalue weighted by atomic mass is 16.4. The van der Waals surface area contributed by atoms with Gasteiger partial charge in [-0.2, -0.15) is 0 Å². The van der Waals surface area contributed by atoms with Gasteiger partial charge in [-0.1, -0.05) is 12.1 Å². The van der Waals surface area contributed by atoms with E-state index in [1.165, 1.54) is 24.3 Å². The molecule has 0 radical (unpaired) electrons. The van der Waals surface area contributed by atoms with E-state index in [9.17, 15) is 9.59 Å². The van der Waals surface area contributed by atoms with Gasteiger partial charge in [-0.25, -0.2) is 9.59 Å². The average Bonchev–Trinajstić information content (AvgIpc) is 2.40. The Morgan fingerprint density at radius 2 is 1.32 bits per heavy atom. The van der Waals surface area contributed by atoms with E-state index in [4.69, 9.17) is 21.7 Å². The Bertz CT molecular complexity index is 373. The van der Waals surface area contributed by atoms with Gasteiger partial charge in [0.15, 0.2) is 0 Å². The summed E-state index contributed by atoms with van der Waals surface area (Å²) < 4.78 is 0. The van der Waals surface area contributed by atoms with Crippen LogP contribution < -0.4 is 16.8 Å². The summed E-state index contributed by atoms with van der Waals surface area (Å²) in [4.78, 5) is 20.9. The van der Waals surface area contributed by atoms with Gasteiger partial charge in [0, 0.05) is 26.2 Å². The number of benzene rings is 1. The van der Waals surface area contributed by atoms with Crippen LogP contribution in [0.2, 0.25) is 0 Å². The van der Waals surface area contributed by atoms with Gasteiger partial charge in [0.25, 0.3) is 0 Å². The van der Waals surface area contributed by atoms with Crippen LogP contribution in [0.3, 0.4) is 0 Å². The summed E-state index contributed by atoms with van der Waals surface area (Å²) in [7, 11) is 0. The van der Waals surface area contributed by atoms with Crippen molar-refractivity contribution in [3.8, 4) is 0 Å². The van der Waals surface area contributed by atoms with Crippen LogP contribution in [0.1, 0.15) is 20.7 Å². The van der Waals surface area contributed by atoms with Crippen molar-refractivity contribution in [1.82, 2.24) is 5.32 Å². The van der Waals surface area contributed by atoms with E-state index < -0.39 is 11.9 Å². The molecule has 0 fully saturated rings. The third kappa shape index (κ3) is 7.14. The summed E-state index contributed by atoms with van der Waals surface area (Å²) in [5.74, 6) is -2.46. The van der Waals surface area contributed by atoms with Crippen molar-refractivity contribution in [1.29, 1.82) is 0 Å². The second-order valence-electron chi connectivity index (χ2n) is 3.48. The minimum atomic E-state index is -1.23. The highest BCUT2D eigenvalue weighted by molar-refractivity contribution is 6.01. The molecule has 0 aliphatic rings. The molecule has 106 valence electrons. The number of nitrogens with two attached hydrogens (primary N) is 2. The zero-order valence-electron chi connectivity index (χ0n) is 10.5. The zero-order valence-corrected chi connectivity index (χ0v) is 10.5. The van der Waals surface area contributed by atoms with Crippen LogP contribution in [0.25, 0.3) is 0 Å². The van der Waals surface area contributed by atoms with Crippen LogP contribution in [-0.4, -0.2) is 48.3 Å². The fourth-order valence-corrected chi connectivity index (χ4v) is 1.19. The lowest BCUT2D eigenvalue weighted by molar-refractivity contribution is 0.0651. The van der Waals surface area contributed by atoms with Crippen LogP contribution >= 0.6 is 0 Å². The fraction of sp³-hybridized carbons (Fsp3) is 0.333. The van der Waals surface area contributed by atoms with Crippen molar-refractivity contribution >= 4 is 11.9 Å². The van der Waals surface area contributed by atoms with Gasteiger partial charge in [-0.05, 0) is 12.1 Å². The van der Waals surface area contributed by atoms with E-state index >= 15 is 0 Å². The molecule has 0 heterocycles. The van der Waals surface area contributed by atoms with E-state index in [1.54, 1.807) is 0 Å². The van der Waals surface area contributed by atoms with Crippen molar-refractivity contribution in [3.05, 3.63) is 35.4 Å². The van der Waals surface area contributed by atoms with Crippen molar-refractivity contribution in [2.75, 3.05) is 26.2 Å². The number of rotatable bonds is 6. The maximum Gasteiger partial charge on any atom is 0.336 e. The lowest BCUT2D eigenvalue weighted by atomic mass is 10.1. The number of hydrogen-bond acceptors (Lipinski definition) is 5. The van der Waals surface area contributed by atoms with Crippen molar-refractivity contribution in [2.45, 2.75) is 0 Å². The lowest BCUT2D eigenvalue weighted by Crippen LogP contribution is -2.27. The van der Waals surface area contributed by atoms with Crippen molar-refractivity contribution in [2.24, 2.45) is 11.5 Å². The highest BCUT2D eigenvalue weighted by Gasteiger charge is 2.13. The summed E-state index contributed by atoms with van der Waals surface area (Å²) in [5.41, 5.74) is 9.95. The minimum Gasteiger partial charge on any atom is -0.478 e. The van der Waals surface area contributed by atoms with E-state index in [2.05, 4.69) is 5.32 Å². The lowest BCUT2D eigenvalue weighted by Gasteiger charge is -1.98. The second-order valence-corrected chi connectivity index (χ2v) is 3.48. The SMILES string of the molecule is NCCNCCN.O=C(O)c1ccccc1C(=O)O. The molecule has 1 rings (SSSR count). The molecule has 0 amide bonds. The summed E-state index contributed by atoms with van der Waals surface area (Å²) in [5, 5.41) is 20.1. The monoisotopic (exact) mass is 269 g/mol. The van der Waals surface area contributed by atoms with Gasteiger partial charge in [0.05, 0.1) is 11.1 Å². The third-order valence-electron chi connectivity index (χ3n) is 2.03. The van der Waals surface area contributed by atoms with Gasteiger partial charge < -0.3 is 27.0 Å². The molecule has 0 saturated carbocycles. The van der Waals surface area contributed by atoms with Crippen molar-refractivity contribution < 1.29 is 19.8 Å². The first-order valence-electron chi connectivity index (χ1n) is 5.71. The first-order valence-corrected chi connectivity index (χ1v) is 5.71. The molecule has 7 N–H and O–H groups in total.